The highest BCUT2D eigenvalue weighted by Gasteiger charge is 2.23. The lowest BCUT2D eigenvalue weighted by Gasteiger charge is -2.34. The van der Waals surface area contributed by atoms with Crippen LogP contribution in [0.25, 0.3) is 0 Å². The van der Waals surface area contributed by atoms with Gasteiger partial charge in [0.25, 0.3) is 5.91 Å². The van der Waals surface area contributed by atoms with E-state index >= 15 is 0 Å². The summed E-state index contributed by atoms with van der Waals surface area (Å²) in [5.41, 5.74) is 2.71. The van der Waals surface area contributed by atoms with Crippen molar-refractivity contribution in [2.24, 2.45) is 0 Å². The Morgan fingerprint density at radius 1 is 0.829 bits per heavy atom. The van der Waals surface area contributed by atoms with Crippen molar-refractivity contribution in [3.05, 3.63) is 95.6 Å². The molecule has 1 aliphatic rings. The Labute approximate surface area is 206 Å². The van der Waals surface area contributed by atoms with Crippen molar-refractivity contribution < 1.29 is 19.1 Å². The number of amides is 2. The lowest BCUT2D eigenvalue weighted by Crippen LogP contribution is -2.51. The van der Waals surface area contributed by atoms with Gasteiger partial charge in [-0.1, -0.05) is 54.6 Å². The van der Waals surface area contributed by atoms with E-state index in [1.807, 2.05) is 83.8 Å². The lowest BCUT2D eigenvalue weighted by atomic mass is 10.2. The number of piperazine rings is 1. The van der Waals surface area contributed by atoms with Gasteiger partial charge in [0.15, 0.2) is 11.5 Å². The normalized spacial score (nSPS) is 13.8. The monoisotopic (exact) mass is 473 g/mol. The van der Waals surface area contributed by atoms with Crippen molar-refractivity contribution in [2.75, 3.05) is 39.8 Å². The van der Waals surface area contributed by atoms with Gasteiger partial charge in [-0.2, -0.15) is 0 Å². The van der Waals surface area contributed by atoms with Crippen LogP contribution in [0.3, 0.4) is 0 Å². The third-order valence-corrected chi connectivity index (χ3v) is 6.00. The second kappa shape index (κ2) is 12.0. The van der Waals surface area contributed by atoms with Crippen LogP contribution in [0.4, 0.5) is 0 Å². The number of ether oxygens (including phenoxy) is 2. The standard InChI is InChI=1S/C28H31N3O4/c1-34-26-18-23(12-13-25(26)35-21-22-8-4-2-5-9-22)19-29-27(32)20-30-14-16-31(17-15-30)28(33)24-10-6-3-7-11-24/h2-13,18H,14-17,19-21H2,1H3,(H,29,32). The zero-order valence-corrected chi connectivity index (χ0v) is 20.0. The average molecular weight is 474 g/mol. The molecule has 0 radical (unpaired) electrons. The molecule has 4 rings (SSSR count). The smallest absolute Gasteiger partial charge is 0.253 e. The zero-order valence-electron chi connectivity index (χ0n) is 20.0. The first-order chi connectivity index (χ1) is 17.1. The summed E-state index contributed by atoms with van der Waals surface area (Å²) in [5, 5.41) is 2.98. The molecular weight excluding hydrogens is 442 g/mol. The van der Waals surface area contributed by atoms with Crippen LogP contribution in [0.5, 0.6) is 11.5 Å². The molecule has 0 spiro atoms. The molecule has 1 saturated heterocycles. The predicted molar refractivity (Wildman–Crippen MR) is 134 cm³/mol. The third-order valence-electron chi connectivity index (χ3n) is 6.00. The van der Waals surface area contributed by atoms with Crippen LogP contribution in [0.1, 0.15) is 21.5 Å². The van der Waals surface area contributed by atoms with Gasteiger partial charge in [0.1, 0.15) is 6.61 Å². The van der Waals surface area contributed by atoms with Gasteiger partial charge in [0.2, 0.25) is 5.91 Å². The Balaban J connectivity index is 1.22. The molecular formula is C28H31N3O4. The molecule has 7 nitrogen and oxygen atoms in total. The number of nitrogens with zero attached hydrogens (tertiary/aromatic N) is 2. The molecule has 1 N–H and O–H groups in total. The largest absolute Gasteiger partial charge is 0.493 e. The van der Waals surface area contributed by atoms with E-state index < -0.39 is 0 Å². The Kier molecular flexibility index (Phi) is 8.35. The van der Waals surface area contributed by atoms with Gasteiger partial charge in [-0.05, 0) is 35.4 Å². The number of hydrogen-bond donors (Lipinski definition) is 1. The minimum absolute atomic E-state index is 0.0415. The van der Waals surface area contributed by atoms with E-state index in [1.54, 1.807) is 7.11 Å². The van der Waals surface area contributed by atoms with E-state index in [2.05, 4.69) is 10.2 Å². The van der Waals surface area contributed by atoms with E-state index in [1.165, 1.54) is 0 Å². The number of rotatable bonds is 9. The SMILES string of the molecule is COc1cc(CNC(=O)CN2CCN(C(=O)c3ccccc3)CC2)ccc1OCc1ccccc1. The number of methoxy groups -OCH3 is 1. The molecule has 3 aromatic carbocycles. The summed E-state index contributed by atoms with van der Waals surface area (Å²) in [6.45, 7) is 3.74. The van der Waals surface area contributed by atoms with Gasteiger partial charge < -0.3 is 19.7 Å². The van der Waals surface area contributed by atoms with Crippen LogP contribution >= 0.6 is 0 Å². The first-order valence-corrected chi connectivity index (χ1v) is 11.8. The van der Waals surface area contributed by atoms with E-state index in [9.17, 15) is 9.59 Å². The molecule has 0 aromatic heterocycles. The molecule has 0 saturated carbocycles. The topological polar surface area (TPSA) is 71.1 Å². The maximum Gasteiger partial charge on any atom is 0.253 e. The molecule has 35 heavy (non-hydrogen) atoms. The summed E-state index contributed by atoms with van der Waals surface area (Å²) in [6, 6.07) is 24.9. The Morgan fingerprint density at radius 3 is 2.20 bits per heavy atom. The number of carbonyl (C=O) groups is 2. The van der Waals surface area contributed by atoms with E-state index in [-0.39, 0.29) is 11.8 Å². The number of hydrogen-bond acceptors (Lipinski definition) is 5. The summed E-state index contributed by atoms with van der Waals surface area (Å²) in [5.74, 6) is 1.29. The number of nitrogens with one attached hydrogen (secondary N) is 1. The molecule has 1 fully saturated rings. The molecule has 1 heterocycles. The number of carbonyl (C=O) groups excluding carboxylic acids is 2. The van der Waals surface area contributed by atoms with Gasteiger partial charge in [-0.15, -0.1) is 0 Å². The minimum atomic E-state index is -0.0452. The molecule has 0 unspecified atom stereocenters. The van der Waals surface area contributed by atoms with Crippen molar-refractivity contribution in [1.82, 2.24) is 15.1 Å². The highest BCUT2D eigenvalue weighted by atomic mass is 16.5. The fourth-order valence-corrected chi connectivity index (χ4v) is 4.01. The van der Waals surface area contributed by atoms with Gasteiger partial charge in [0, 0.05) is 38.3 Å². The average Bonchev–Trinajstić information content (AvgIpc) is 2.92. The van der Waals surface area contributed by atoms with Crippen LogP contribution in [0, 0.1) is 0 Å². The van der Waals surface area contributed by atoms with Crippen molar-refractivity contribution in [2.45, 2.75) is 13.2 Å². The van der Waals surface area contributed by atoms with Crippen LogP contribution < -0.4 is 14.8 Å². The summed E-state index contributed by atoms with van der Waals surface area (Å²) in [4.78, 5) is 29.0. The maximum atomic E-state index is 12.6. The maximum absolute atomic E-state index is 12.6. The van der Waals surface area contributed by atoms with Crippen LogP contribution in [-0.4, -0.2) is 61.4 Å². The highest BCUT2D eigenvalue weighted by Crippen LogP contribution is 2.28. The van der Waals surface area contributed by atoms with Gasteiger partial charge in [-0.25, -0.2) is 0 Å². The molecule has 0 aliphatic carbocycles. The molecule has 182 valence electrons. The quantitative estimate of drug-likeness (QED) is 0.516. The number of benzene rings is 3. The third kappa shape index (κ3) is 6.83. The summed E-state index contributed by atoms with van der Waals surface area (Å²) in [6.07, 6.45) is 0. The second-order valence-corrected chi connectivity index (χ2v) is 8.47. The summed E-state index contributed by atoms with van der Waals surface area (Å²) in [7, 11) is 1.61. The Morgan fingerprint density at radius 2 is 1.51 bits per heavy atom. The molecule has 1 aliphatic heterocycles. The van der Waals surface area contributed by atoms with Gasteiger partial charge in [0.05, 0.1) is 13.7 Å². The van der Waals surface area contributed by atoms with Gasteiger partial charge >= 0.3 is 0 Å². The van der Waals surface area contributed by atoms with Crippen molar-refractivity contribution in [1.29, 1.82) is 0 Å². The zero-order chi connectivity index (χ0) is 24.5. The van der Waals surface area contributed by atoms with Crippen LogP contribution in [0.2, 0.25) is 0 Å². The van der Waals surface area contributed by atoms with E-state index in [0.717, 1.165) is 11.1 Å². The molecule has 3 aromatic rings. The predicted octanol–water partition coefficient (Wildman–Crippen LogP) is 3.35. The first kappa shape index (κ1) is 24.3. The molecule has 2 amide bonds. The Hall–Kier alpha value is -3.84. The molecule has 0 bridgehead atoms. The highest BCUT2D eigenvalue weighted by molar-refractivity contribution is 5.94. The van der Waals surface area contributed by atoms with E-state index in [0.29, 0.717) is 62.9 Å². The summed E-state index contributed by atoms with van der Waals surface area (Å²) < 4.78 is 11.4. The van der Waals surface area contributed by atoms with Crippen LogP contribution in [0.15, 0.2) is 78.9 Å². The van der Waals surface area contributed by atoms with Crippen molar-refractivity contribution in [3.8, 4) is 11.5 Å². The minimum Gasteiger partial charge on any atom is -0.493 e. The van der Waals surface area contributed by atoms with Crippen molar-refractivity contribution >= 4 is 11.8 Å². The fraction of sp³-hybridized carbons (Fsp3) is 0.286. The molecule has 7 heteroatoms. The fourth-order valence-electron chi connectivity index (χ4n) is 4.01. The molecule has 0 atom stereocenters. The Bertz CT molecular complexity index is 1110. The van der Waals surface area contributed by atoms with Gasteiger partial charge in [-0.3, -0.25) is 14.5 Å². The van der Waals surface area contributed by atoms with Crippen LogP contribution in [-0.2, 0) is 17.9 Å². The first-order valence-electron chi connectivity index (χ1n) is 11.8. The summed E-state index contributed by atoms with van der Waals surface area (Å²) >= 11 is 0. The second-order valence-electron chi connectivity index (χ2n) is 8.47. The van der Waals surface area contributed by atoms with Crippen molar-refractivity contribution in [3.63, 3.8) is 0 Å². The lowest BCUT2D eigenvalue weighted by molar-refractivity contribution is -0.122. The van der Waals surface area contributed by atoms with E-state index in [4.69, 9.17) is 9.47 Å².